The van der Waals surface area contributed by atoms with E-state index in [2.05, 4.69) is 19.2 Å². The van der Waals surface area contributed by atoms with Crippen LogP contribution in [0, 0.1) is 5.41 Å². The van der Waals surface area contributed by atoms with Gasteiger partial charge in [0.15, 0.2) is 0 Å². The first-order chi connectivity index (χ1) is 3.66. The highest BCUT2D eigenvalue weighted by molar-refractivity contribution is 5.59. The van der Waals surface area contributed by atoms with Crippen LogP contribution in [0.4, 0.5) is 0 Å². The Hall–Kier alpha value is -0.370. The third-order valence-corrected chi connectivity index (χ3v) is 0.846. The summed E-state index contributed by atoms with van der Waals surface area (Å²) in [5, 5.41) is 9.96. The predicted molar refractivity (Wildman–Crippen MR) is 36.5 cm³/mol. The fraction of sp³-hybridized carbons (Fsp3) is 0.833. The van der Waals surface area contributed by atoms with Gasteiger partial charge in [0, 0.05) is 18.3 Å². The average molecular weight is 114 g/mol. The van der Waals surface area contributed by atoms with Crippen molar-refractivity contribution in [1.29, 1.82) is 5.41 Å². The molecule has 0 aliphatic heterocycles. The zero-order chi connectivity index (χ0) is 6.57. The maximum Gasteiger partial charge on any atom is 0.0390 e. The summed E-state index contributed by atoms with van der Waals surface area (Å²) >= 11 is 0. The van der Waals surface area contributed by atoms with E-state index in [0.29, 0.717) is 6.04 Å². The molecule has 2 heteroatoms. The Morgan fingerprint density at radius 1 is 1.38 bits per heavy atom. The first-order valence-corrected chi connectivity index (χ1v) is 2.93. The zero-order valence-electron chi connectivity index (χ0n) is 5.73. The summed E-state index contributed by atoms with van der Waals surface area (Å²) in [4.78, 5) is 0. The Balaban J connectivity index is 3.23. The number of hydrogen-bond donors (Lipinski definition) is 2. The summed E-state index contributed by atoms with van der Waals surface area (Å²) in [5.74, 6) is 0. The molecule has 8 heavy (non-hydrogen) atoms. The number of rotatable bonds is 3. The van der Waals surface area contributed by atoms with E-state index >= 15 is 0 Å². The highest BCUT2D eigenvalue weighted by atomic mass is 14.9. The molecule has 0 aliphatic rings. The summed E-state index contributed by atoms with van der Waals surface area (Å²) < 4.78 is 0. The molecule has 0 aromatic carbocycles. The predicted octanol–water partition coefficient (Wildman–Crippen LogP) is 1.02. The molecule has 0 aromatic rings. The second-order valence-electron chi connectivity index (χ2n) is 2.28. The van der Waals surface area contributed by atoms with Gasteiger partial charge < -0.3 is 10.7 Å². The molecule has 2 N–H and O–H groups in total. The van der Waals surface area contributed by atoms with Crippen molar-refractivity contribution in [2.45, 2.75) is 32.9 Å². The molecule has 0 heterocycles. The highest BCUT2D eigenvalue weighted by Crippen LogP contribution is 1.79. The van der Waals surface area contributed by atoms with Crippen LogP contribution in [0.25, 0.3) is 0 Å². The van der Waals surface area contributed by atoms with E-state index in [1.807, 2.05) is 6.92 Å². The number of nitrogens with one attached hydrogen (secondary N) is 2. The Labute approximate surface area is 50.8 Å². The Morgan fingerprint density at radius 2 is 1.88 bits per heavy atom. The first kappa shape index (κ1) is 7.63. The first-order valence-electron chi connectivity index (χ1n) is 2.93. The van der Waals surface area contributed by atoms with E-state index < -0.39 is 0 Å². The smallest absolute Gasteiger partial charge is 0.0390 e. The molecule has 48 valence electrons. The van der Waals surface area contributed by atoms with Gasteiger partial charge in [-0.1, -0.05) is 13.8 Å². The quantitative estimate of drug-likeness (QED) is 0.528. The molecule has 0 fully saturated rings. The van der Waals surface area contributed by atoms with Crippen molar-refractivity contribution >= 4 is 6.21 Å². The van der Waals surface area contributed by atoms with E-state index in [1.165, 1.54) is 6.21 Å². The van der Waals surface area contributed by atoms with Crippen LogP contribution >= 0.6 is 0 Å². The molecule has 0 saturated heterocycles. The second kappa shape index (κ2) is 3.61. The minimum Gasteiger partial charge on any atom is -0.311 e. The monoisotopic (exact) mass is 114 g/mol. The minimum atomic E-state index is 0.218. The standard InChI is InChI=1S/C6H14N2/c1-5(2)8-6(3)4-7/h4-8H,1-3H3. The maximum atomic E-state index is 6.81. The molecule has 2 nitrogen and oxygen atoms in total. The van der Waals surface area contributed by atoms with Gasteiger partial charge in [-0.3, -0.25) is 0 Å². The molecule has 0 aliphatic carbocycles. The topological polar surface area (TPSA) is 35.9 Å². The fourth-order valence-corrected chi connectivity index (χ4v) is 0.574. The summed E-state index contributed by atoms with van der Waals surface area (Å²) in [6.45, 7) is 6.10. The molecule has 1 unspecified atom stereocenters. The van der Waals surface area contributed by atoms with Gasteiger partial charge in [0.05, 0.1) is 0 Å². The lowest BCUT2D eigenvalue weighted by Gasteiger charge is -2.10. The molecule has 0 rings (SSSR count). The largest absolute Gasteiger partial charge is 0.311 e. The molecular weight excluding hydrogens is 100 g/mol. The molecule has 0 radical (unpaired) electrons. The molecule has 0 saturated carbocycles. The van der Waals surface area contributed by atoms with Crippen molar-refractivity contribution in [2.24, 2.45) is 0 Å². The maximum absolute atomic E-state index is 6.81. The lowest BCUT2D eigenvalue weighted by molar-refractivity contribution is 0.571. The lowest BCUT2D eigenvalue weighted by atomic mass is 10.3. The third-order valence-electron chi connectivity index (χ3n) is 0.846. The molecule has 0 bridgehead atoms. The third kappa shape index (κ3) is 3.81. The number of hydrogen-bond acceptors (Lipinski definition) is 2. The van der Waals surface area contributed by atoms with E-state index in [4.69, 9.17) is 5.41 Å². The lowest BCUT2D eigenvalue weighted by Crippen LogP contribution is -2.32. The molecule has 0 aromatic heterocycles. The molecule has 0 spiro atoms. The molecule has 1 atom stereocenters. The van der Waals surface area contributed by atoms with Gasteiger partial charge in [-0.15, -0.1) is 0 Å². The van der Waals surface area contributed by atoms with Gasteiger partial charge in [0.2, 0.25) is 0 Å². The molecule has 0 amide bonds. The van der Waals surface area contributed by atoms with Gasteiger partial charge in [-0.2, -0.15) is 0 Å². The molecular formula is C6H14N2. The van der Waals surface area contributed by atoms with Crippen molar-refractivity contribution < 1.29 is 0 Å². The second-order valence-corrected chi connectivity index (χ2v) is 2.28. The van der Waals surface area contributed by atoms with Crippen molar-refractivity contribution in [2.75, 3.05) is 0 Å². The Morgan fingerprint density at radius 3 is 2.00 bits per heavy atom. The van der Waals surface area contributed by atoms with Crippen molar-refractivity contribution in [3.8, 4) is 0 Å². The van der Waals surface area contributed by atoms with Crippen molar-refractivity contribution in [3.05, 3.63) is 0 Å². The van der Waals surface area contributed by atoms with Crippen molar-refractivity contribution in [3.63, 3.8) is 0 Å². The normalized spacial score (nSPS) is 14.0. The van der Waals surface area contributed by atoms with Crippen LogP contribution in [0.1, 0.15) is 20.8 Å². The van der Waals surface area contributed by atoms with Gasteiger partial charge in [0.25, 0.3) is 0 Å². The zero-order valence-corrected chi connectivity index (χ0v) is 5.73. The minimum absolute atomic E-state index is 0.218. The van der Waals surface area contributed by atoms with Crippen LogP contribution in [0.5, 0.6) is 0 Å². The van der Waals surface area contributed by atoms with Crippen LogP contribution in [-0.4, -0.2) is 18.3 Å². The summed E-state index contributed by atoms with van der Waals surface area (Å²) in [5.41, 5.74) is 0. The SMILES string of the molecule is CC(C)NC(C)C=N. The highest BCUT2D eigenvalue weighted by Gasteiger charge is 1.95. The van der Waals surface area contributed by atoms with Crippen LogP contribution in [-0.2, 0) is 0 Å². The summed E-state index contributed by atoms with van der Waals surface area (Å²) in [6, 6.07) is 0.696. The van der Waals surface area contributed by atoms with E-state index in [-0.39, 0.29) is 6.04 Å². The van der Waals surface area contributed by atoms with Crippen LogP contribution in [0.15, 0.2) is 0 Å². The Bertz CT molecular complexity index is 68.9. The summed E-state index contributed by atoms with van der Waals surface area (Å²) in [6.07, 6.45) is 1.40. The van der Waals surface area contributed by atoms with Crippen LogP contribution in [0.2, 0.25) is 0 Å². The van der Waals surface area contributed by atoms with E-state index in [1.54, 1.807) is 0 Å². The van der Waals surface area contributed by atoms with Gasteiger partial charge >= 0.3 is 0 Å². The van der Waals surface area contributed by atoms with Gasteiger partial charge in [-0.05, 0) is 6.92 Å². The average Bonchev–Trinajstić information content (AvgIpc) is 1.65. The van der Waals surface area contributed by atoms with Crippen LogP contribution < -0.4 is 5.32 Å². The fourth-order valence-electron chi connectivity index (χ4n) is 0.574. The Kier molecular flexibility index (Phi) is 3.44. The van der Waals surface area contributed by atoms with E-state index in [0.717, 1.165) is 0 Å². The van der Waals surface area contributed by atoms with Crippen LogP contribution in [0.3, 0.4) is 0 Å². The van der Waals surface area contributed by atoms with Gasteiger partial charge in [-0.25, -0.2) is 0 Å². The van der Waals surface area contributed by atoms with Crippen molar-refractivity contribution in [1.82, 2.24) is 5.32 Å². The van der Waals surface area contributed by atoms with E-state index in [9.17, 15) is 0 Å². The summed E-state index contributed by atoms with van der Waals surface area (Å²) in [7, 11) is 0. The van der Waals surface area contributed by atoms with Gasteiger partial charge in [0.1, 0.15) is 0 Å².